The predicted molar refractivity (Wildman–Crippen MR) is 41.9 cm³/mol. The third kappa shape index (κ3) is 1.00. The van der Waals surface area contributed by atoms with E-state index in [2.05, 4.69) is 10.2 Å². The molecule has 2 aromatic heterocycles. The van der Waals surface area contributed by atoms with E-state index in [1.54, 1.807) is 12.4 Å². The Morgan fingerprint density at radius 2 is 2.18 bits per heavy atom. The minimum absolute atomic E-state index is 0.279. The SMILES string of the molecule is O=Cc1c[se]c2cnncc12. The van der Waals surface area contributed by atoms with Crippen LogP contribution >= 0.6 is 0 Å². The van der Waals surface area contributed by atoms with Gasteiger partial charge in [0, 0.05) is 0 Å². The van der Waals surface area contributed by atoms with Crippen molar-refractivity contribution in [2.24, 2.45) is 0 Å². The summed E-state index contributed by atoms with van der Waals surface area (Å²) in [5.74, 6) is 0. The normalized spacial score (nSPS) is 10.2. The maximum absolute atomic E-state index is 10.5. The summed E-state index contributed by atoms with van der Waals surface area (Å²) in [6.07, 6.45) is 4.24. The van der Waals surface area contributed by atoms with Crippen LogP contribution in [0, 0.1) is 0 Å². The number of aldehydes is 1. The van der Waals surface area contributed by atoms with Gasteiger partial charge in [0.25, 0.3) is 0 Å². The van der Waals surface area contributed by atoms with Crippen molar-refractivity contribution in [3.05, 3.63) is 22.9 Å². The van der Waals surface area contributed by atoms with Crippen molar-refractivity contribution in [3.63, 3.8) is 0 Å². The van der Waals surface area contributed by atoms with Crippen molar-refractivity contribution in [3.8, 4) is 0 Å². The first-order chi connectivity index (χ1) is 5.42. The molecule has 2 aromatic rings. The Bertz CT molecular complexity index is 396. The van der Waals surface area contributed by atoms with Crippen molar-refractivity contribution < 1.29 is 4.79 Å². The second-order valence-electron chi connectivity index (χ2n) is 2.08. The molecule has 0 bridgehead atoms. The molecule has 4 heteroatoms. The van der Waals surface area contributed by atoms with E-state index in [1.165, 1.54) is 0 Å². The molecule has 0 unspecified atom stereocenters. The first-order valence-corrected chi connectivity index (χ1v) is 4.89. The fraction of sp³-hybridized carbons (Fsp3) is 0. The molecule has 3 nitrogen and oxygen atoms in total. The quantitative estimate of drug-likeness (QED) is 0.509. The first-order valence-electron chi connectivity index (χ1n) is 3.05. The van der Waals surface area contributed by atoms with Gasteiger partial charge in [0.1, 0.15) is 0 Å². The predicted octanol–water partition coefficient (Wildman–Crippen LogP) is 0.499. The van der Waals surface area contributed by atoms with E-state index in [0.29, 0.717) is 0 Å². The average Bonchev–Trinajstić information content (AvgIpc) is 2.47. The molecule has 0 saturated carbocycles. The zero-order valence-corrected chi connectivity index (χ0v) is 7.23. The number of nitrogens with zero attached hydrogens (tertiary/aromatic N) is 2. The molecule has 0 saturated heterocycles. The molecular formula is C7H4N2OSe. The number of fused-ring (bicyclic) bond motifs is 1. The van der Waals surface area contributed by atoms with Crippen LogP contribution in [0.1, 0.15) is 10.4 Å². The summed E-state index contributed by atoms with van der Waals surface area (Å²) >= 11 is 0.279. The summed E-state index contributed by atoms with van der Waals surface area (Å²) in [6.45, 7) is 0. The monoisotopic (exact) mass is 212 g/mol. The van der Waals surface area contributed by atoms with Crippen LogP contribution < -0.4 is 0 Å². The van der Waals surface area contributed by atoms with Crippen LogP contribution in [0.15, 0.2) is 17.3 Å². The Labute approximate surface area is 68.8 Å². The summed E-state index contributed by atoms with van der Waals surface area (Å²) in [7, 11) is 0. The van der Waals surface area contributed by atoms with E-state index < -0.39 is 0 Å². The van der Waals surface area contributed by atoms with Gasteiger partial charge in [-0.2, -0.15) is 0 Å². The third-order valence-corrected chi connectivity index (χ3v) is 3.44. The van der Waals surface area contributed by atoms with E-state index in [-0.39, 0.29) is 14.5 Å². The maximum atomic E-state index is 10.5. The van der Waals surface area contributed by atoms with Gasteiger partial charge in [0.05, 0.1) is 0 Å². The van der Waals surface area contributed by atoms with Crippen molar-refractivity contribution in [1.82, 2.24) is 10.2 Å². The number of carbonyl (C=O) groups is 1. The standard InChI is InChI=1S/C7H4N2OSe/c10-3-5-4-11-7-2-9-8-1-6(5)7/h1-4H. The first kappa shape index (κ1) is 6.70. The van der Waals surface area contributed by atoms with E-state index in [9.17, 15) is 4.79 Å². The Kier molecular flexibility index (Phi) is 1.56. The van der Waals surface area contributed by atoms with Gasteiger partial charge in [0.15, 0.2) is 0 Å². The second kappa shape index (κ2) is 2.57. The van der Waals surface area contributed by atoms with Gasteiger partial charge in [-0.05, 0) is 0 Å². The van der Waals surface area contributed by atoms with Crippen molar-refractivity contribution in [2.75, 3.05) is 0 Å². The number of hydrogen-bond donors (Lipinski definition) is 0. The molecule has 0 amide bonds. The molecule has 2 heterocycles. The van der Waals surface area contributed by atoms with E-state index >= 15 is 0 Å². The molecule has 0 N–H and O–H groups in total. The fourth-order valence-electron chi connectivity index (χ4n) is 0.902. The summed E-state index contributed by atoms with van der Waals surface area (Å²) in [4.78, 5) is 12.4. The third-order valence-electron chi connectivity index (χ3n) is 1.44. The van der Waals surface area contributed by atoms with Gasteiger partial charge in [-0.1, -0.05) is 0 Å². The Balaban J connectivity index is 2.86. The van der Waals surface area contributed by atoms with Gasteiger partial charge >= 0.3 is 68.3 Å². The molecule has 0 aliphatic heterocycles. The van der Waals surface area contributed by atoms with Gasteiger partial charge < -0.3 is 0 Å². The molecular weight excluding hydrogens is 207 g/mol. The van der Waals surface area contributed by atoms with Gasteiger partial charge in [-0.3, -0.25) is 0 Å². The van der Waals surface area contributed by atoms with Crippen molar-refractivity contribution >= 4 is 30.4 Å². The molecule has 0 atom stereocenters. The van der Waals surface area contributed by atoms with Gasteiger partial charge in [-0.25, -0.2) is 0 Å². The summed E-state index contributed by atoms with van der Waals surface area (Å²) in [6, 6.07) is 0. The second-order valence-corrected chi connectivity index (χ2v) is 3.99. The number of aromatic nitrogens is 2. The van der Waals surface area contributed by atoms with Crippen molar-refractivity contribution in [1.29, 1.82) is 0 Å². The fourth-order valence-corrected chi connectivity index (χ4v) is 2.67. The zero-order valence-electron chi connectivity index (χ0n) is 5.52. The number of rotatable bonds is 1. The molecule has 2 rings (SSSR count). The average molecular weight is 211 g/mol. The molecule has 0 radical (unpaired) electrons. The van der Waals surface area contributed by atoms with Crippen molar-refractivity contribution in [2.45, 2.75) is 0 Å². The van der Waals surface area contributed by atoms with Crippen LogP contribution in [-0.2, 0) is 0 Å². The molecule has 54 valence electrons. The molecule has 0 spiro atoms. The van der Waals surface area contributed by atoms with E-state index in [1.807, 2.05) is 4.94 Å². The number of carbonyl (C=O) groups excluding carboxylic acids is 1. The summed E-state index contributed by atoms with van der Waals surface area (Å²) in [5, 5.41) is 8.41. The summed E-state index contributed by atoms with van der Waals surface area (Å²) in [5.41, 5.74) is 0.759. The zero-order chi connectivity index (χ0) is 7.68. The number of hydrogen-bond acceptors (Lipinski definition) is 3. The van der Waals surface area contributed by atoms with E-state index in [4.69, 9.17) is 0 Å². The Morgan fingerprint density at radius 1 is 1.36 bits per heavy atom. The van der Waals surface area contributed by atoms with Crippen LogP contribution in [0.5, 0.6) is 0 Å². The molecule has 0 aromatic carbocycles. The van der Waals surface area contributed by atoms with Gasteiger partial charge in [-0.15, -0.1) is 0 Å². The summed E-state index contributed by atoms with van der Waals surface area (Å²) < 4.78 is 1.15. The minimum atomic E-state index is 0.279. The van der Waals surface area contributed by atoms with Crippen LogP contribution in [0.3, 0.4) is 0 Å². The van der Waals surface area contributed by atoms with Crippen LogP contribution in [0.2, 0.25) is 0 Å². The van der Waals surface area contributed by atoms with Gasteiger partial charge in [0.2, 0.25) is 0 Å². The van der Waals surface area contributed by atoms with Crippen LogP contribution in [-0.4, -0.2) is 31.0 Å². The topological polar surface area (TPSA) is 42.9 Å². The Morgan fingerprint density at radius 3 is 3.00 bits per heavy atom. The van der Waals surface area contributed by atoms with E-state index in [0.717, 1.165) is 21.5 Å². The van der Waals surface area contributed by atoms with Crippen LogP contribution in [0.4, 0.5) is 0 Å². The molecule has 0 fully saturated rings. The van der Waals surface area contributed by atoms with Crippen LogP contribution in [0.25, 0.3) is 9.65 Å². The molecule has 11 heavy (non-hydrogen) atoms. The molecule has 0 aliphatic rings. The molecule has 0 aliphatic carbocycles. The Hall–Kier alpha value is -0.991.